The van der Waals surface area contributed by atoms with Gasteiger partial charge in [0.15, 0.2) is 5.15 Å². The molecule has 0 unspecified atom stereocenters. The number of urea groups is 1. The van der Waals surface area contributed by atoms with Crippen molar-refractivity contribution in [2.24, 2.45) is 0 Å². The van der Waals surface area contributed by atoms with Crippen molar-refractivity contribution in [2.45, 2.75) is 52.0 Å². The molecule has 5 nitrogen and oxygen atoms in total. The molecule has 0 saturated carbocycles. The summed E-state index contributed by atoms with van der Waals surface area (Å²) in [5.74, 6) is 0.658. The summed E-state index contributed by atoms with van der Waals surface area (Å²) >= 11 is 13.3. The number of halogens is 2. The molecule has 1 aromatic heterocycles. The van der Waals surface area contributed by atoms with Gasteiger partial charge in [-0.3, -0.25) is 4.72 Å². The van der Waals surface area contributed by atoms with E-state index in [0.717, 1.165) is 31.4 Å². The fourth-order valence-electron chi connectivity index (χ4n) is 4.14. The summed E-state index contributed by atoms with van der Waals surface area (Å²) in [5.41, 5.74) is 6.51. The zero-order chi connectivity index (χ0) is 19.7. The van der Waals surface area contributed by atoms with Gasteiger partial charge in [-0.25, -0.2) is 9.78 Å². The number of benzene rings is 1. The minimum atomic E-state index is -0.209. The van der Waals surface area contributed by atoms with E-state index < -0.39 is 0 Å². The molecule has 28 heavy (non-hydrogen) atoms. The number of carbonyl (C=O) groups excluding carboxylic acids is 1. The van der Waals surface area contributed by atoms with Crippen molar-refractivity contribution in [1.82, 2.24) is 14.3 Å². The zero-order valence-electron chi connectivity index (χ0n) is 15.6. The van der Waals surface area contributed by atoms with Crippen molar-refractivity contribution in [3.8, 4) is 0 Å². The molecule has 2 aliphatic rings. The summed E-state index contributed by atoms with van der Waals surface area (Å²) in [5, 5.41) is 5.58. The first kappa shape index (κ1) is 19.7. The molecular formula is C20H22Cl2N4OS. The van der Waals surface area contributed by atoms with Crippen LogP contribution in [0.2, 0.25) is 10.3 Å². The van der Waals surface area contributed by atoms with Crippen molar-refractivity contribution in [3.63, 3.8) is 0 Å². The molecule has 2 N–H and O–H groups in total. The van der Waals surface area contributed by atoms with Crippen LogP contribution >= 0.6 is 35.1 Å². The molecule has 2 amide bonds. The first-order valence-electron chi connectivity index (χ1n) is 9.55. The van der Waals surface area contributed by atoms with Crippen LogP contribution in [-0.2, 0) is 32.2 Å². The lowest BCUT2D eigenvalue weighted by Crippen LogP contribution is -2.23. The minimum Gasteiger partial charge on any atom is -0.315 e. The third-order valence-corrected chi connectivity index (χ3v) is 6.68. The number of aromatic nitrogens is 2. The summed E-state index contributed by atoms with van der Waals surface area (Å²) in [4.78, 5) is 16.7. The normalized spacial score (nSPS) is 15.1. The van der Waals surface area contributed by atoms with E-state index in [-0.39, 0.29) is 11.2 Å². The largest absolute Gasteiger partial charge is 0.329 e. The van der Waals surface area contributed by atoms with Crippen LogP contribution in [0.5, 0.6) is 0 Å². The van der Waals surface area contributed by atoms with E-state index in [9.17, 15) is 4.79 Å². The molecule has 4 rings (SSSR count). The number of fused-ring (bicyclic) bond motifs is 2. The van der Waals surface area contributed by atoms with Crippen LogP contribution in [0.15, 0.2) is 11.5 Å². The van der Waals surface area contributed by atoms with E-state index in [2.05, 4.69) is 21.1 Å². The van der Waals surface area contributed by atoms with Crippen LogP contribution in [0.1, 0.15) is 47.8 Å². The van der Waals surface area contributed by atoms with Crippen LogP contribution in [0.3, 0.4) is 0 Å². The first-order chi connectivity index (χ1) is 13.6. The Balaban J connectivity index is 1.41. The molecule has 0 atom stereocenters. The topological polar surface area (TPSA) is 59.0 Å². The lowest BCUT2D eigenvalue weighted by Gasteiger charge is -2.16. The van der Waals surface area contributed by atoms with Crippen LogP contribution in [0.25, 0.3) is 6.08 Å². The summed E-state index contributed by atoms with van der Waals surface area (Å²) < 4.78 is 4.62. The third kappa shape index (κ3) is 3.78. The van der Waals surface area contributed by atoms with Gasteiger partial charge in [-0.1, -0.05) is 29.3 Å². The van der Waals surface area contributed by atoms with E-state index >= 15 is 0 Å². The average molecular weight is 437 g/mol. The number of carbonyl (C=O) groups is 1. The molecule has 0 fully saturated rings. The lowest BCUT2D eigenvalue weighted by atomic mass is 9.99. The van der Waals surface area contributed by atoms with Gasteiger partial charge in [0.05, 0.1) is 0 Å². The Morgan fingerprint density at radius 1 is 1.21 bits per heavy atom. The van der Waals surface area contributed by atoms with E-state index in [0.29, 0.717) is 17.5 Å². The third-order valence-electron chi connectivity index (χ3n) is 5.36. The summed E-state index contributed by atoms with van der Waals surface area (Å²) in [6.45, 7) is 2.64. The highest BCUT2D eigenvalue weighted by Gasteiger charge is 2.24. The quantitative estimate of drug-likeness (QED) is 0.597. The Bertz CT molecular complexity index is 922. The molecule has 8 heteroatoms. The van der Waals surface area contributed by atoms with Crippen molar-refractivity contribution >= 4 is 52.9 Å². The van der Waals surface area contributed by atoms with Gasteiger partial charge in [-0.15, -0.1) is 0 Å². The van der Waals surface area contributed by atoms with Crippen molar-refractivity contribution in [2.75, 3.05) is 5.32 Å². The van der Waals surface area contributed by atoms with Gasteiger partial charge in [0.2, 0.25) is 0 Å². The van der Waals surface area contributed by atoms with Crippen molar-refractivity contribution in [1.29, 1.82) is 0 Å². The van der Waals surface area contributed by atoms with Crippen molar-refractivity contribution < 1.29 is 4.79 Å². The van der Waals surface area contributed by atoms with Gasteiger partial charge in [-0.2, -0.15) is 0 Å². The highest BCUT2D eigenvalue weighted by Crippen LogP contribution is 2.38. The van der Waals surface area contributed by atoms with Crippen molar-refractivity contribution in [3.05, 3.63) is 49.9 Å². The van der Waals surface area contributed by atoms with Gasteiger partial charge >= 0.3 is 6.03 Å². The van der Waals surface area contributed by atoms with Crippen LogP contribution in [0, 0.1) is 0 Å². The first-order valence-corrected chi connectivity index (χ1v) is 11.2. The van der Waals surface area contributed by atoms with Gasteiger partial charge in [0.25, 0.3) is 0 Å². The molecule has 0 spiro atoms. The van der Waals surface area contributed by atoms with Crippen LogP contribution < -0.4 is 10.0 Å². The van der Waals surface area contributed by atoms with E-state index in [4.69, 9.17) is 23.2 Å². The Morgan fingerprint density at radius 2 is 1.89 bits per heavy atom. The Kier molecular flexibility index (Phi) is 5.90. The Hall–Kier alpha value is -1.63. The minimum absolute atomic E-state index is 0.209. The van der Waals surface area contributed by atoms with Gasteiger partial charge in [0, 0.05) is 12.2 Å². The lowest BCUT2D eigenvalue weighted by molar-refractivity contribution is 0.257. The highest BCUT2D eigenvalue weighted by atomic mass is 35.5. The molecule has 2 aliphatic carbocycles. The standard InChI is InChI=1S/C20H22Cl2N4OS/c1-2-26-16(23-18(21)19(26)22)9-10-28-25-20(27)24-17-14-7-3-5-12(14)11-13-6-4-8-15(13)17/h9-11H,2-8H2,1H3,(H2,24,25,27)/b10-9+. The second kappa shape index (κ2) is 8.39. The molecule has 1 aromatic carbocycles. The predicted molar refractivity (Wildman–Crippen MR) is 117 cm³/mol. The summed E-state index contributed by atoms with van der Waals surface area (Å²) in [6.07, 6.45) is 8.45. The number of imidazole rings is 1. The maximum Gasteiger partial charge on any atom is 0.329 e. The second-order valence-electron chi connectivity index (χ2n) is 7.01. The molecule has 0 saturated heterocycles. The molecular weight excluding hydrogens is 415 g/mol. The number of rotatable bonds is 5. The number of hydrogen-bond acceptors (Lipinski definition) is 3. The summed E-state index contributed by atoms with van der Waals surface area (Å²) in [7, 11) is 0. The van der Waals surface area contributed by atoms with Crippen LogP contribution in [0.4, 0.5) is 10.5 Å². The van der Waals surface area contributed by atoms with E-state index in [1.54, 1.807) is 16.1 Å². The van der Waals surface area contributed by atoms with E-state index in [1.807, 2.05) is 6.92 Å². The summed E-state index contributed by atoms with van der Waals surface area (Å²) in [6, 6.07) is 2.15. The maximum atomic E-state index is 12.5. The number of hydrogen-bond donors (Lipinski definition) is 2. The average Bonchev–Trinajstić information content (AvgIpc) is 3.39. The Morgan fingerprint density at radius 3 is 2.54 bits per heavy atom. The molecule has 0 radical (unpaired) electrons. The SMILES string of the molecule is CCn1c(/C=C/SNC(=O)Nc2c3c(cc4c2CCC4)CCC3)nc(Cl)c1Cl. The fraction of sp³-hybridized carbons (Fsp3) is 0.400. The molecule has 1 heterocycles. The second-order valence-corrected chi connectivity index (χ2v) is 8.43. The number of aryl methyl sites for hydroxylation is 2. The zero-order valence-corrected chi connectivity index (χ0v) is 18.0. The smallest absolute Gasteiger partial charge is 0.315 e. The number of nitrogens with zero attached hydrogens (tertiary/aromatic N) is 2. The predicted octanol–water partition coefficient (Wildman–Crippen LogP) is 5.63. The number of anilines is 1. The molecule has 0 aliphatic heterocycles. The van der Waals surface area contributed by atoms with E-state index in [1.165, 1.54) is 47.0 Å². The molecule has 0 bridgehead atoms. The molecule has 148 valence electrons. The Labute approximate surface area is 179 Å². The van der Waals surface area contributed by atoms with Gasteiger partial charge < -0.3 is 9.88 Å². The van der Waals surface area contributed by atoms with Gasteiger partial charge in [0.1, 0.15) is 11.0 Å². The van der Waals surface area contributed by atoms with Crippen LogP contribution in [-0.4, -0.2) is 15.6 Å². The monoisotopic (exact) mass is 436 g/mol. The molecule has 2 aromatic rings. The maximum absolute atomic E-state index is 12.5. The fourth-order valence-corrected chi connectivity index (χ4v) is 4.99. The highest BCUT2D eigenvalue weighted by molar-refractivity contribution is 8.00. The number of nitrogens with one attached hydrogen (secondary N) is 2. The van der Waals surface area contributed by atoms with Gasteiger partial charge in [-0.05, 0) is 91.1 Å². The number of amides is 2.